The van der Waals surface area contributed by atoms with E-state index in [0.717, 1.165) is 55.3 Å². The molecule has 0 spiro atoms. The quantitative estimate of drug-likeness (QED) is 0.534. The summed E-state index contributed by atoms with van der Waals surface area (Å²) in [4.78, 5) is 38.7. The van der Waals surface area contributed by atoms with Crippen LogP contribution >= 0.6 is 11.6 Å². The van der Waals surface area contributed by atoms with Gasteiger partial charge < -0.3 is 15.0 Å². The molecule has 2 aromatic carbocycles. The first-order valence-electron chi connectivity index (χ1n) is 11.5. The van der Waals surface area contributed by atoms with Crippen LogP contribution in [0.4, 0.5) is 0 Å². The van der Waals surface area contributed by atoms with E-state index in [1.165, 1.54) is 0 Å². The predicted octanol–water partition coefficient (Wildman–Crippen LogP) is 4.76. The number of aryl methyl sites for hydroxylation is 1. The fraction of sp³-hybridized carbons (Fsp3) is 0.296. The number of rotatable bonds is 6. The molecule has 1 aliphatic rings. The molecule has 4 rings (SSSR count). The number of fused-ring (bicyclic) bond motifs is 1. The van der Waals surface area contributed by atoms with Crippen molar-refractivity contribution in [2.45, 2.75) is 51.1 Å². The monoisotopic (exact) mass is 478 g/mol. The van der Waals surface area contributed by atoms with E-state index in [-0.39, 0.29) is 5.56 Å². The molecule has 1 heterocycles. The Morgan fingerprint density at radius 2 is 1.65 bits per heavy atom. The number of hydrogen-bond donors (Lipinski definition) is 2. The average Bonchev–Trinajstić information content (AvgIpc) is 2.81. The number of nitrogens with one attached hydrogen (secondary N) is 1. The van der Waals surface area contributed by atoms with E-state index in [1.807, 2.05) is 12.1 Å². The normalized spacial score (nSPS) is 14.4. The van der Waals surface area contributed by atoms with E-state index in [9.17, 15) is 19.5 Å². The highest BCUT2D eigenvalue weighted by atomic mass is 35.5. The summed E-state index contributed by atoms with van der Waals surface area (Å²) in [5.41, 5.74) is 2.83. The molecule has 0 bridgehead atoms. The summed E-state index contributed by atoms with van der Waals surface area (Å²) < 4.78 is 1.68. The summed E-state index contributed by atoms with van der Waals surface area (Å²) in [5.74, 6) is -1.87. The number of pyridine rings is 1. The van der Waals surface area contributed by atoms with Crippen molar-refractivity contribution in [1.29, 1.82) is 0 Å². The molecular formula is C27H27ClN2O4. The van der Waals surface area contributed by atoms with Crippen LogP contribution in [-0.2, 0) is 24.2 Å². The zero-order valence-electron chi connectivity index (χ0n) is 18.8. The summed E-state index contributed by atoms with van der Waals surface area (Å²) >= 11 is 6.02. The van der Waals surface area contributed by atoms with Crippen molar-refractivity contribution in [1.82, 2.24) is 9.88 Å². The fourth-order valence-electron chi connectivity index (χ4n) is 4.48. The number of carbonyl (C=O) groups is 2. The van der Waals surface area contributed by atoms with Gasteiger partial charge >= 0.3 is 5.97 Å². The van der Waals surface area contributed by atoms with Gasteiger partial charge in [-0.25, -0.2) is 4.79 Å². The molecule has 6 nitrogen and oxygen atoms in total. The zero-order chi connectivity index (χ0) is 24.1. The topological polar surface area (TPSA) is 88.4 Å². The highest BCUT2D eigenvalue weighted by Crippen LogP contribution is 2.22. The Morgan fingerprint density at radius 3 is 2.32 bits per heavy atom. The maximum atomic E-state index is 13.6. The Morgan fingerprint density at radius 1 is 0.971 bits per heavy atom. The standard InChI is InChI=1S/C27H27ClN2O4/c28-21-14-12-18(13-15-21)17-30-23-11-7-2-1-4-10-20(23)16-22(26(30)32)25(31)29-24(27(33)34)19-8-5-3-6-9-19/h3,5-6,8-9,12-16,24H,1-2,4,7,10-11,17H2,(H,29,31)(H,33,34)/t24-/m1/s1. The molecule has 0 unspecified atom stereocenters. The lowest BCUT2D eigenvalue weighted by atomic mass is 9.95. The van der Waals surface area contributed by atoms with E-state index in [2.05, 4.69) is 5.32 Å². The van der Waals surface area contributed by atoms with Crippen molar-refractivity contribution in [3.05, 3.63) is 104 Å². The molecule has 1 aliphatic carbocycles. The van der Waals surface area contributed by atoms with Crippen LogP contribution in [0.25, 0.3) is 0 Å². The first kappa shape index (κ1) is 23.8. The van der Waals surface area contributed by atoms with Gasteiger partial charge in [0, 0.05) is 10.7 Å². The summed E-state index contributed by atoms with van der Waals surface area (Å²) in [5, 5.41) is 12.9. The van der Waals surface area contributed by atoms with Gasteiger partial charge in [0.15, 0.2) is 6.04 Å². The number of hydrogen-bond acceptors (Lipinski definition) is 3. The third kappa shape index (κ3) is 5.39. The van der Waals surface area contributed by atoms with Crippen LogP contribution in [0.1, 0.15) is 64.5 Å². The Kier molecular flexibility index (Phi) is 7.48. The summed E-state index contributed by atoms with van der Waals surface area (Å²) in [6.45, 7) is 0.320. The van der Waals surface area contributed by atoms with E-state index < -0.39 is 23.5 Å². The molecule has 7 heteroatoms. The fourth-order valence-corrected chi connectivity index (χ4v) is 4.60. The predicted molar refractivity (Wildman–Crippen MR) is 131 cm³/mol. The number of halogens is 1. The van der Waals surface area contributed by atoms with E-state index in [0.29, 0.717) is 17.1 Å². The van der Waals surface area contributed by atoms with Gasteiger partial charge in [-0.3, -0.25) is 9.59 Å². The van der Waals surface area contributed by atoms with Crippen LogP contribution in [0.15, 0.2) is 65.5 Å². The second kappa shape index (κ2) is 10.7. The van der Waals surface area contributed by atoms with Crippen LogP contribution in [0.3, 0.4) is 0 Å². The molecular weight excluding hydrogens is 452 g/mol. The number of carboxylic acid groups (broad SMARTS) is 1. The van der Waals surface area contributed by atoms with Gasteiger partial charge in [-0.1, -0.05) is 66.9 Å². The van der Waals surface area contributed by atoms with E-state index in [1.54, 1.807) is 53.1 Å². The van der Waals surface area contributed by atoms with Crippen molar-refractivity contribution in [3.8, 4) is 0 Å². The second-order valence-electron chi connectivity index (χ2n) is 8.62. The van der Waals surface area contributed by atoms with Crippen molar-refractivity contribution >= 4 is 23.5 Å². The minimum atomic E-state index is -1.25. The van der Waals surface area contributed by atoms with Gasteiger partial charge in [0.25, 0.3) is 11.5 Å². The largest absolute Gasteiger partial charge is 0.479 e. The number of carbonyl (C=O) groups excluding carboxylic acids is 1. The summed E-state index contributed by atoms with van der Waals surface area (Å²) in [6, 6.07) is 16.2. The Bertz CT molecular complexity index is 1240. The lowest BCUT2D eigenvalue weighted by molar-refractivity contribution is -0.139. The molecule has 0 saturated carbocycles. The Balaban J connectivity index is 1.75. The van der Waals surface area contributed by atoms with Gasteiger partial charge in [0.1, 0.15) is 5.56 Å². The number of amides is 1. The molecule has 1 aromatic heterocycles. The van der Waals surface area contributed by atoms with Gasteiger partial charge in [0.2, 0.25) is 0 Å². The van der Waals surface area contributed by atoms with Crippen LogP contribution in [-0.4, -0.2) is 21.6 Å². The minimum Gasteiger partial charge on any atom is -0.479 e. The third-order valence-corrected chi connectivity index (χ3v) is 6.51. The van der Waals surface area contributed by atoms with Crippen molar-refractivity contribution in [2.75, 3.05) is 0 Å². The summed E-state index contributed by atoms with van der Waals surface area (Å²) in [7, 11) is 0. The van der Waals surface area contributed by atoms with Gasteiger partial charge in [0.05, 0.1) is 6.54 Å². The zero-order valence-corrected chi connectivity index (χ0v) is 19.6. The van der Waals surface area contributed by atoms with Crippen molar-refractivity contribution in [3.63, 3.8) is 0 Å². The third-order valence-electron chi connectivity index (χ3n) is 6.25. The average molecular weight is 479 g/mol. The van der Waals surface area contributed by atoms with Crippen LogP contribution in [0.2, 0.25) is 5.02 Å². The molecule has 0 radical (unpaired) electrons. The van der Waals surface area contributed by atoms with E-state index in [4.69, 9.17) is 11.6 Å². The highest BCUT2D eigenvalue weighted by molar-refractivity contribution is 6.30. The Labute approximate surface area is 203 Å². The molecule has 1 atom stereocenters. The first-order valence-corrected chi connectivity index (χ1v) is 11.9. The van der Waals surface area contributed by atoms with Crippen molar-refractivity contribution < 1.29 is 14.7 Å². The van der Waals surface area contributed by atoms with Gasteiger partial charge in [-0.15, -0.1) is 0 Å². The molecule has 34 heavy (non-hydrogen) atoms. The lowest BCUT2D eigenvalue weighted by Gasteiger charge is -2.22. The molecule has 2 N–H and O–H groups in total. The summed E-state index contributed by atoms with van der Waals surface area (Å²) in [6.07, 6.45) is 5.71. The number of aromatic nitrogens is 1. The number of carboxylic acids is 1. The van der Waals surface area contributed by atoms with Gasteiger partial charge in [-0.2, -0.15) is 0 Å². The number of benzene rings is 2. The van der Waals surface area contributed by atoms with E-state index >= 15 is 0 Å². The maximum absolute atomic E-state index is 13.6. The highest BCUT2D eigenvalue weighted by Gasteiger charge is 2.26. The number of aliphatic carboxylic acids is 1. The van der Waals surface area contributed by atoms with Crippen LogP contribution < -0.4 is 10.9 Å². The maximum Gasteiger partial charge on any atom is 0.330 e. The molecule has 3 aromatic rings. The molecule has 0 aliphatic heterocycles. The minimum absolute atomic E-state index is 0.0320. The smallest absolute Gasteiger partial charge is 0.330 e. The second-order valence-corrected chi connectivity index (χ2v) is 9.05. The van der Waals surface area contributed by atoms with Crippen LogP contribution in [0.5, 0.6) is 0 Å². The Hall–Kier alpha value is -3.38. The first-order chi connectivity index (χ1) is 16.4. The molecule has 0 saturated heterocycles. The number of nitrogens with zero attached hydrogens (tertiary/aromatic N) is 1. The SMILES string of the molecule is O=C(N[C@@H](C(=O)O)c1ccccc1)c1cc2c(n(Cc3ccc(Cl)cc3)c1=O)CCCCCC2. The van der Waals surface area contributed by atoms with Crippen molar-refractivity contribution in [2.24, 2.45) is 0 Å². The van der Waals surface area contributed by atoms with Gasteiger partial charge in [-0.05, 0) is 60.6 Å². The van der Waals surface area contributed by atoms with Crippen LogP contribution in [0, 0.1) is 0 Å². The molecule has 176 valence electrons. The molecule has 1 amide bonds. The lowest BCUT2D eigenvalue weighted by Crippen LogP contribution is -2.39. The molecule has 0 fully saturated rings.